The minimum absolute atomic E-state index is 0. The molecule has 0 radical (unpaired) electrons. The first-order chi connectivity index (χ1) is 10.6. The number of amides is 1. The fraction of sp³-hybridized carbons (Fsp3) is 0.467. The standard InChI is InChI=1S/C15H18ClN3OS2.2ClH/c1-9-7-17-5-4-11(9)19-14(20)6-10-8-21-15(18-10)12-2-3-13(16)22-12;;/h2-3,8-9,11,17H,4-7H2,1H3,(H,19,20);2*1H. The summed E-state index contributed by atoms with van der Waals surface area (Å²) in [5.74, 6) is 0.525. The quantitative estimate of drug-likeness (QED) is 0.773. The molecule has 0 saturated carbocycles. The number of carbonyl (C=O) groups excluding carboxylic acids is 1. The Kier molecular flexibility index (Phi) is 8.98. The number of rotatable bonds is 4. The molecular formula is C15H20Cl3N3OS2. The molecule has 0 spiro atoms. The largest absolute Gasteiger partial charge is 0.353 e. The summed E-state index contributed by atoms with van der Waals surface area (Å²) in [5.41, 5.74) is 0.823. The van der Waals surface area contributed by atoms with Crippen molar-refractivity contribution in [2.24, 2.45) is 5.92 Å². The van der Waals surface area contributed by atoms with Crippen molar-refractivity contribution >= 4 is 65.0 Å². The van der Waals surface area contributed by atoms with Crippen molar-refractivity contribution in [1.29, 1.82) is 0 Å². The lowest BCUT2D eigenvalue weighted by Crippen LogP contribution is -2.48. The number of piperidine rings is 1. The summed E-state index contributed by atoms with van der Waals surface area (Å²) in [6.45, 7) is 4.10. The molecule has 0 aliphatic carbocycles. The zero-order valence-electron chi connectivity index (χ0n) is 13.1. The van der Waals surface area contributed by atoms with Gasteiger partial charge in [-0.3, -0.25) is 4.79 Å². The molecule has 1 fully saturated rings. The fourth-order valence-corrected chi connectivity index (χ4v) is 4.52. The highest BCUT2D eigenvalue weighted by Crippen LogP contribution is 2.32. The Morgan fingerprint density at radius 3 is 2.92 bits per heavy atom. The Morgan fingerprint density at radius 1 is 1.46 bits per heavy atom. The normalized spacial score (nSPS) is 19.9. The highest BCUT2D eigenvalue weighted by atomic mass is 35.5. The van der Waals surface area contributed by atoms with Gasteiger partial charge in [-0.25, -0.2) is 4.98 Å². The number of nitrogens with one attached hydrogen (secondary N) is 2. The zero-order valence-corrected chi connectivity index (χ0v) is 17.1. The summed E-state index contributed by atoms with van der Waals surface area (Å²) in [7, 11) is 0. The molecular weight excluding hydrogens is 409 g/mol. The molecule has 9 heteroatoms. The number of hydrogen-bond donors (Lipinski definition) is 2. The van der Waals surface area contributed by atoms with Gasteiger partial charge < -0.3 is 10.6 Å². The average Bonchev–Trinajstić information content (AvgIpc) is 3.10. The first-order valence-electron chi connectivity index (χ1n) is 7.32. The van der Waals surface area contributed by atoms with E-state index in [4.69, 9.17) is 11.6 Å². The second kappa shape index (κ2) is 9.94. The molecule has 0 bridgehead atoms. The van der Waals surface area contributed by atoms with Crippen LogP contribution in [0.1, 0.15) is 19.0 Å². The molecule has 4 nitrogen and oxygen atoms in total. The third-order valence-corrected chi connectivity index (χ3v) is 6.10. The average molecular weight is 429 g/mol. The van der Waals surface area contributed by atoms with E-state index < -0.39 is 0 Å². The molecule has 2 aromatic rings. The van der Waals surface area contributed by atoms with E-state index in [2.05, 4.69) is 22.5 Å². The van der Waals surface area contributed by atoms with Crippen molar-refractivity contribution in [3.63, 3.8) is 0 Å². The Balaban J connectivity index is 0.00000144. The molecule has 3 heterocycles. The van der Waals surface area contributed by atoms with Crippen molar-refractivity contribution in [2.45, 2.75) is 25.8 Å². The number of hydrogen-bond acceptors (Lipinski definition) is 5. The third kappa shape index (κ3) is 5.58. The lowest BCUT2D eigenvalue weighted by atomic mass is 9.95. The van der Waals surface area contributed by atoms with Crippen LogP contribution in [0.15, 0.2) is 17.5 Å². The number of aromatic nitrogens is 1. The van der Waals surface area contributed by atoms with E-state index in [0.29, 0.717) is 12.3 Å². The van der Waals surface area contributed by atoms with Gasteiger partial charge in [0.25, 0.3) is 0 Å². The van der Waals surface area contributed by atoms with Gasteiger partial charge in [0, 0.05) is 11.4 Å². The Bertz CT molecular complexity index is 662. The lowest BCUT2D eigenvalue weighted by molar-refractivity contribution is -0.121. The Labute approximate surface area is 167 Å². The van der Waals surface area contributed by atoms with Crippen molar-refractivity contribution in [1.82, 2.24) is 15.6 Å². The van der Waals surface area contributed by atoms with E-state index in [1.54, 1.807) is 11.3 Å². The maximum Gasteiger partial charge on any atom is 0.226 e. The third-order valence-electron chi connectivity index (χ3n) is 3.81. The predicted octanol–water partition coefficient (Wildman–Crippen LogP) is 4.03. The molecule has 1 amide bonds. The van der Waals surface area contributed by atoms with Crippen LogP contribution in [-0.2, 0) is 11.2 Å². The van der Waals surface area contributed by atoms with E-state index in [9.17, 15) is 4.79 Å². The minimum Gasteiger partial charge on any atom is -0.353 e. The first kappa shape index (κ1) is 21.7. The van der Waals surface area contributed by atoms with Gasteiger partial charge >= 0.3 is 0 Å². The number of carbonyl (C=O) groups is 1. The van der Waals surface area contributed by atoms with E-state index in [1.807, 2.05) is 17.5 Å². The zero-order chi connectivity index (χ0) is 15.5. The Morgan fingerprint density at radius 2 is 2.25 bits per heavy atom. The smallest absolute Gasteiger partial charge is 0.226 e. The van der Waals surface area contributed by atoms with Crippen LogP contribution in [0.5, 0.6) is 0 Å². The van der Waals surface area contributed by atoms with Gasteiger partial charge in [0.1, 0.15) is 5.01 Å². The highest BCUT2D eigenvalue weighted by molar-refractivity contribution is 7.23. The predicted molar refractivity (Wildman–Crippen MR) is 107 cm³/mol. The summed E-state index contributed by atoms with van der Waals surface area (Å²) in [6, 6.07) is 4.10. The molecule has 24 heavy (non-hydrogen) atoms. The highest BCUT2D eigenvalue weighted by Gasteiger charge is 2.22. The lowest BCUT2D eigenvalue weighted by Gasteiger charge is -2.30. The van der Waals surface area contributed by atoms with E-state index >= 15 is 0 Å². The molecule has 2 N–H and O–H groups in total. The summed E-state index contributed by atoms with van der Waals surface area (Å²) < 4.78 is 0.754. The molecule has 1 saturated heterocycles. The summed E-state index contributed by atoms with van der Waals surface area (Å²) in [4.78, 5) is 17.8. The second-order valence-electron chi connectivity index (χ2n) is 5.57. The van der Waals surface area contributed by atoms with Crippen molar-refractivity contribution in [3.05, 3.63) is 27.5 Å². The van der Waals surface area contributed by atoms with Crippen LogP contribution in [0.3, 0.4) is 0 Å². The van der Waals surface area contributed by atoms with Crippen LogP contribution in [0.2, 0.25) is 4.34 Å². The van der Waals surface area contributed by atoms with Crippen molar-refractivity contribution < 1.29 is 4.79 Å². The molecule has 2 atom stereocenters. The SMILES string of the molecule is CC1CNCCC1NC(=O)Cc1csc(-c2ccc(Cl)s2)n1.Cl.Cl. The first-order valence-corrected chi connectivity index (χ1v) is 9.39. The molecule has 134 valence electrons. The van der Waals surface area contributed by atoms with E-state index in [-0.39, 0.29) is 36.8 Å². The van der Waals surface area contributed by atoms with E-state index in [1.165, 1.54) is 11.3 Å². The number of nitrogens with zero attached hydrogens (tertiary/aromatic N) is 1. The van der Waals surface area contributed by atoms with Crippen molar-refractivity contribution in [2.75, 3.05) is 13.1 Å². The number of thiazole rings is 1. The summed E-state index contributed by atoms with van der Waals surface area (Å²) >= 11 is 9.01. The van der Waals surface area contributed by atoms with Crippen LogP contribution in [0.25, 0.3) is 9.88 Å². The molecule has 2 unspecified atom stereocenters. The van der Waals surface area contributed by atoms with Crippen LogP contribution in [0, 0.1) is 5.92 Å². The van der Waals surface area contributed by atoms with Crippen LogP contribution >= 0.6 is 59.1 Å². The summed E-state index contributed by atoms with van der Waals surface area (Å²) in [5, 5.41) is 9.36. The van der Waals surface area contributed by atoms with Crippen molar-refractivity contribution in [3.8, 4) is 9.88 Å². The Hall–Kier alpha value is -0.370. The number of thiophene rings is 1. The molecule has 3 rings (SSSR count). The van der Waals surface area contributed by atoms with Crippen LogP contribution in [-0.4, -0.2) is 30.0 Å². The van der Waals surface area contributed by atoms with Crippen LogP contribution in [0.4, 0.5) is 0 Å². The van der Waals surface area contributed by atoms with Gasteiger partial charge in [-0.1, -0.05) is 18.5 Å². The maximum absolute atomic E-state index is 12.2. The van der Waals surface area contributed by atoms with Gasteiger partial charge in [0.15, 0.2) is 0 Å². The molecule has 1 aliphatic heterocycles. The fourth-order valence-electron chi connectivity index (χ4n) is 2.58. The summed E-state index contributed by atoms with van der Waals surface area (Å²) in [6.07, 6.45) is 1.33. The molecule has 2 aromatic heterocycles. The van der Waals surface area contributed by atoms with E-state index in [0.717, 1.165) is 39.4 Å². The van der Waals surface area contributed by atoms with Gasteiger partial charge in [-0.2, -0.15) is 0 Å². The number of halogens is 3. The minimum atomic E-state index is 0. The monoisotopic (exact) mass is 427 g/mol. The molecule has 0 aromatic carbocycles. The van der Waals surface area contributed by atoms with Crippen LogP contribution < -0.4 is 10.6 Å². The van der Waals surface area contributed by atoms with Gasteiger partial charge in [0.05, 0.1) is 21.3 Å². The topological polar surface area (TPSA) is 54.0 Å². The van der Waals surface area contributed by atoms with Gasteiger partial charge in [0.2, 0.25) is 5.91 Å². The molecule has 1 aliphatic rings. The van der Waals surface area contributed by atoms with Gasteiger partial charge in [-0.15, -0.1) is 47.5 Å². The maximum atomic E-state index is 12.2. The second-order valence-corrected chi connectivity index (χ2v) is 8.14. The van der Waals surface area contributed by atoms with Gasteiger partial charge in [-0.05, 0) is 37.6 Å².